The van der Waals surface area contributed by atoms with Crippen LogP contribution in [0, 0.1) is 0 Å². The maximum atomic E-state index is 10.4. The number of carbonyl (C=O) groups is 2. The van der Waals surface area contributed by atoms with Gasteiger partial charge in [-0.3, -0.25) is 0 Å². The molecule has 0 aromatic heterocycles. The Hall–Kier alpha value is 0.0400. The maximum Gasteiger partial charge on any atom is 0.119 e. The lowest BCUT2D eigenvalue weighted by Crippen LogP contribution is -2.25. The Morgan fingerprint density at radius 2 is 1.44 bits per heavy atom. The highest BCUT2D eigenvalue weighted by atomic mass is 32.2. The standard InChI is InChI=1S/C12H20O2S2/c13-8-3-1-6-12(7-2-4-9-14)15-10-5-11-16-12/h8-9H,1-7,10-11H2. The van der Waals surface area contributed by atoms with E-state index >= 15 is 0 Å². The Morgan fingerprint density at radius 3 is 1.88 bits per heavy atom. The third-order valence-electron chi connectivity index (χ3n) is 2.78. The number of hydrogen-bond acceptors (Lipinski definition) is 4. The van der Waals surface area contributed by atoms with Gasteiger partial charge in [0.05, 0.1) is 4.08 Å². The van der Waals surface area contributed by atoms with Gasteiger partial charge in [-0.05, 0) is 43.6 Å². The number of unbranched alkanes of at least 4 members (excludes halogenated alkanes) is 2. The van der Waals surface area contributed by atoms with Crippen LogP contribution in [0.4, 0.5) is 0 Å². The summed E-state index contributed by atoms with van der Waals surface area (Å²) < 4.78 is 0.296. The Balaban J connectivity index is 2.38. The van der Waals surface area contributed by atoms with Crippen molar-refractivity contribution in [1.29, 1.82) is 0 Å². The van der Waals surface area contributed by atoms with Crippen LogP contribution in [0.15, 0.2) is 0 Å². The average Bonchev–Trinajstić information content (AvgIpc) is 2.31. The molecule has 0 atom stereocenters. The molecule has 1 aliphatic heterocycles. The smallest absolute Gasteiger partial charge is 0.119 e. The van der Waals surface area contributed by atoms with Crippen molar-refractivity contribution in [2.75, 3.05) is 11.5 Å². The Bertz CT molecular complexity index is 197. The van der Waals surface area contributed by atoms with Crippen molar-refractivity contribution in [2.45, 2.75) is 49.0 Å². The van der Waals surface area contributed by atoms with E-state index in [0.717, 1.165) is 38.3 Å². The number of thioether (sulfide) groups is 2. The predicted octanol–water partition coefficient (Wildman–Crippen LogP) is 3.29. The number of carbonyl (C=O) groups excluding carboxylic acids is 2. The lowest BCUT2D eigenvalue weighted by Gasteiger charge is -2.36. The molecule has 1 fully saturated rings. The molecule has 0 amide bonds. The second kappa shape index (κ2) is 8.18. The monoisotopic (exact) mass is 260 g/mol. The van der Waals surface area contributed by atoms with Crippen LogP contribution in [0.25, 0.3) is 0 Å². The van der Waals surface area contributed by atoms with E-state index < -0.39 is 0 Å². The molecule has 0 aliphatic carbocycles. The van der Waals surface area contributed by atoms with Crippen LogP contribution in [0.5, 0.6) is 0 Å². The minimum absolute atomic E-state index is 0.296. The molecular formula is C12H20O2S2. The van der Waals surface area contributed by atoms with Gasteiger partial charge in [0.15, 0.2) is 0 Å². The first kappa shape index (κ1) is 14.1. The molecule has 0 saturated carbocycles. The van der Waals surface area contributed by atoms with Crippen molar-refractivity contribution >= 4 is 36.1 Å². The lowest BCUT2D eigenvalue weighted by atomic mass is 10.1. The van der Waals surface area contributed by atoms with Crippen LogP contribution in [0.3, 0.4) is 0 Å². The number of rotatable bonds is 8. The Morgan fingerprint density at radius 1 is 0.938 bits per heavy atom. The van der Waals surface area contributed by atoms with Crippen LogP contribution in [0.1, 0.15) is 44.9 Å². The molecule has 0 spiro atoms. The first-order valence-corrected chi connectivity index (χ1v) is 7.95. The van der Waals surface area contributed by atoms with Crippen molar-refractivity contribution < 1.29 is 9.59 Å². The molecule has 92 valence electrons. The summed E-state index contributed by atoms with van der Waals surface area (Å²) in [7, 11) is 0. The van der Waals surface area contributed by atoms with Crippen molar-refractivity contribution in [3.05, 3.63) is 0 Å². The zero-order valence-corrected chi connectivity index (χ0v) is 11.3. The second-order valence-corrected chi connectivity index (χ2v) is 7.29. The van der Waals surface area contributed by atoms with Gasteiger partial charge in [-0.15, -0.1) is 23.5 Å². The van der Waals surface area contributed by atoms with Crippen molar-refractivity contribution in [1.82, 2.24) is 0 Å². The van der Waals surface area contributed by atoms with Crippen LogP contribution in [-0.4, -0.2) is 28.2 Å². The quantitative estimate of drug-likeness (QED) is 0.495. The van der Waals surface area contributed by atoms with E-state index in [1.807, 2.05) is 23.5 Å². The predicted molar refractivity (Wildman–Crippen MR) is 72.1 cm³/mol. The first-order valence-electron chi connectivity index (χ1n) is 5.98. The fraction of sp³-hybridized carbons (Fsp3) is 0.833. The van der Waals surface area contributed by atoms with Crippen LogP contribution in [-0.2, 0) is 9.59 Å². The highest BCUT2D eigenvalue weighted by molar-refractivity contribution is 8.18. The Labute approximate surface area is 106 Å². The highest BCUT2D eigenvalue weighted by Crippen LogP contribution is 2.48. The molecule has 1 heterocycles. The van der Waals surface area contributed by atoms with Gasteiger partial charge < -0.3 is 9.59 Å². The largest absolute Gasteiger partial charge is 0.303 e. The molecule has 0 bridgehead atoms. The van der Waals surface area contributed by atoms with Crippen molar-refractivity contribution in [3.63, 3.8) is 0 Å². The zero-order chi connectivity index (χ0) is 11.7. The van der Waals surface area contributed by atoms with Crippen molar-refractivity contribution in [2.24, 2.45) is 0 Å². The van der Waals surface area contributed by atoms with Gasteiger partial charge in [0.1, 0.15) is 12.6 Å². The minimum atomic E-state index is 0.296. The Kier molecular flexibility index (Phi) is 7.21. The average molecular weight is 260 g/mol. The van der Waals surface area contributed by atoms with Crippen LogP contribution in [0.2, 0.25) is 0 Å². The molecular weight excluding hydrogens is 240 g/mol. The molecule has 1 aliphatic rings. The van der Waals surface area contributed by atoms with Gasteiger partial charge in [-0.2, -0.15) is 0 Å². The van der Waals surface area contributed by atoms with E-state index in [-0.39, 0.29) is 0 Å². The molecule has 2 nitrogen and oxygen atoms in total. The van der Waals surface area contributed by atoms with E-state index in [2.05, 4.69) is 0 Å². The molecule has 1 rings (SSSR count). The SMILES string of the molecule is O=CCCCC1(CCCC=O)SCCCS1. The topological polar surface area (TPSA) is 34.1 Å². The van der Waals surface area contributed by atoms with Gasteiger partial charge in [0, 0.05) is 12.8 Å². The van der Waals surface area contributed by atoms with E-state index in [0.29, 0.717) is 16.9 Å². The van der Waals surface area contributed by atoms with E-state index in [9.17, 15) is 9.59 Å². The summed E-state index contributed by atoms with van der Waals surface area (Å²) in [4.78, 5) is 20.7. The molecule has 1 saturated heterocycles. The second-order valence-electron chi connectivity index (χ2n) is 4.08. The summed E-state index contributed by atoms with van der Waals surface area (Å²) >= 11 is 4.09. The molecule has 0 radical (unpaired) electrons. The molecule has 0 aromatic rings. The van der Waals surface area contributed by atoms with Crippen LogP contribution >= 0.6 is 23.5 Å². The van der Waals surface area contributed by atoms with E-state index in [1.54, 1.807) is 0 Å². The van der Waals surface area contributed by atoms with Crippen molar-refractivity contribution in [3.8, 4) is 0 Å². The van der Waals surface area contributed by atoms with E-state index in [1.165, 1.54) is 17.9 Å². The molecule has 4 heteroatoms. The summed E-state index contributed by atoms with van der Waals surface area (Å²) in [5.41, 5.74) is 0. The van der Waals surface area contributed by atoms with Gasteiger partial charge in [-0.25, -0.2) is 0 Å². The molecule has 16 heavy (non-hydrogen) atoms. The molecule has 0 aromatic carbocycles. The summed E-state index contributed by atoms with van der Waals surface area (Å²) in [6.07, 6.45) is 8.87. The molecule has 0 unspecified atom stereocenters. The fourth-order valence-electron chi connectivity index (χ4n) is 1.94. The summed E-state index contributed by atoms with van der Waals surface area (Å²) in [6.45, 7) is 0. The normalized spacial score (nSPS) is 19.2. The molecule has 0 N–H and O–H groups in total. The third-order valence-corrected chi connectivity index (χ3v) is 6.34. The fourth-order valence-corrected chi connectivity index (χ4v) is 5.43. The van der Waals surface area contributed by atoms with Gasteiger partial charge >= 0.3 is 0 Å². The van der Waals surface area contributed by atoms with Gasteiger partial charge in [0.25, 0.3) is 0 Å². The van der Waals surface area contributed by atoms with Crippen LogP contribution < -0.4 is 0 Å². The number of hydrogen-bond donors (Lipinski definition) is 0. The summed E-state index contributed by atoms with van der Waals surface area (Å²) in [5, 5.41) is 0. The minimum Gasteiger partial charge on any atom is -0.303 e. The maximum absolute atomic E-state index is 10.4. The summed E-state index contributed by atoms with van der Waals surface area (Å²) in [5.74, 6) is 2.46. The first-order chi connectivity index (χ1) is 7.83. The highest BCUT2D eigenvalue weighted by Gasteiger charge is 2.32. The van der Waals surface area contributed by atoms with E-state index in [4.69, 9.17) is 0 Å². The summed E-state index contributed by atoms with van der Waals surface area (Å²) in [6, 6.07) is 0. The zero-order valence-electron chi connectivity index (χ0n) is 9.65. The van der Waals surface area contributed by atoms with Gasteiger partial charge in [-0.1, -0.05) is 0 Å². The third kappa shape index (κ3) is 4.91. The lowest BCUT2D eigenvalue weighted by molar-refractivity contribution is -0.108. The van der Waals surface area contributed by atoms with Gasteiger partial charge in [0.2, 0.25) is 0 Å². The number of aldehydes is 2.